The predicted molar refractivity (Wildman–Crippen MR) is 118 cm³/mol. The van der Waals surface area contributed by atoms with E-state index in [0.29, 0.717) is 19.6 Å². The van der Waals surface area contributed by atoms with Gasteiger partial charge in [-0.25, -0.2) is 0 Å². The molecule has 0 radical (unpaired) electrons. The average molecular weight is 425 g/mol. The van der Waals surface area contributed by atoms with Crippen molar-refractivity contribution in [2.24, 2.45) is 0 Å². The molecule has 1 aliphatic rings. The van der Waals surface area contributed by atoms with Gasteiger partial charge in [-0.3, -0.25) is 9.69 Å². The SMILES string of the molecule is O=C(CN(Cc1ccco1)Cc1cccs1)NCC1(c2ccccc2)CCOCC1. The number of rotatable bonds is 9. The first-order valence-corrected chi connectivity index (χ1v) is 11.3. The van der Waals surface area contributed by atoms with Crippen LogP contribution in [0.1, 0.15) is 29.0 Å². The first-order valence-electron chi connectivity index (χ1n) is 10.4. The maximum Gasteiger partial charge on any atom is 0.234 e. The van der Waals surface area contributed by atoms with Crippen molar-refractivity contribution in [2.45, 2.75) is 31.3 Å². The third-order valence-corrected chi connectivity index (χ3v) is 6.61. The van der Waals surface area contributed by atoms with Crippen LogP contribution in [0.3, 0.4) is 0 Å². The quantitative estimate of drug-likeness (QED) is 0.559. The number of ether oxygens (including phenoxy) is 1. The van der Waals surface area contributed by atoms with Gasteiger partial charge in [-0.2, -0.15) is 0 Å². The number of nitrogens with one attached hydrogen (secondary N) is 1. The van der Waals surface area contributed by atoms with Crippen LogP contribution in [-0.2, 0) is 28.0 Å². The summed E-state index contributed by atoms with van der Waals surface area (Å²) in [5.41, 5.74) is 1.22. The Balaban J connectivity index is 1.40. The number of amides is 1. The summed E-state index contributed by atoms with van der Waals surface area (Å²) in [4.78, 5) is 16.3. The lowest BCUT2D eigenvalue weighted by Gasteiger charge is -2.38. The van der Waals surface area contributed by atoms with Gasteiger partial charge in [0.25, 0.3) is 0 Å². The molecule has 30 heavy (non-hydrogen) atoms. The van der Waals surface area contributed by atoms with Gasteiger partial charge in [-0.15, -0.1) is 11.3 Å². The van der Waals surface area contributed by atoms with E-state index >= 15 is 0 Å². The molecule has 0 aliphatic carbocycles. The summed E-state index contributed by atoms with van der Waals surface area (Å²) in [6.45, 7) is 3.76. The molecule has 158 valence electrons. The first-order chi connectivity index (χ1) is 14.7. The Labute approximate surface area is 181 Å². The minimum atomic E-state index is -0.0608. The molecule has 1 fully saturated rings. The lowest BCUT2D eigenvalue weighted by Crippen LogP contribution is -2.46. The van der Waals surface area contributed by atoms with Gasteiger partial charge in [0, 0.05) is 36.6 Å². The number of nitrogens with zero attached hydrogens (tertiary/aromatic N) is 1. The smallest absolute Gasteiger partial charge is 0.234 e. The number of furan rings is 1. The predicted octanol–water partition coefficient (Wildman–Crippen LogP) is 4.21. The summed E-state index contributed by atoms with van der Waals surface area (Å²) >= 11 is 1.71. The molecule has 0 unspecified atom stereocenters. The molecular weight excluding hydrogens is 396 g/mol. The Morgan fingerprint density at radius 2 is 1.87 bits per heavy atom. The topological polar surface area (TPSA) is 54.7 Å². The fourth-order valence-electron chi connectivity index (χ4n) is 4.06. The van der Waals surface area contributed by atoms with Crippen molar-refractivity contribution in [1.29, 1.82) is 0 Å². The standard InChI is InChI=1S/C24H28N2O3S/c27-23(18-26(16-21-8-4-12-29-21)17-22-9-5-15-30-22)25-19-24(10-13-28-14-11-24)20-6-2-1-3-7-20/h1-9,12,15H,10-11,13-14,16-19H2,(H,25,27). The van der Waals surface area contributed by atoms with E-state index in [0.717, 1.165) is 38.4 Å². The van der Waals surface area contributed by atoms with Gasteiger partial charge in [0.1, 0.15) is 5.76 Å². The molecule has 4 rings (SSSR count). The van der Waals surface area contributed by atoms with Crippen LogP contribution < -0.4 is 5.32 Å². The second-order valence-corrected chi connectivity index (χ2v) is 8.87. The van der Waals surface area contributed by atoms with Crippen molar-refractivity contribution in [2.75, 3.05) is 26.3 Å². The molecule has 1 amide bonds. The highest BCUT2D eigenvalue weighted by Crippen LogP contribution is 2.34. The molecule has 1 N–H and O–H groups in total. The molecule has 1 saturated heterocycles. The summed E-state index contributed by atoms with van der Waals surface area (Å²) in [6.07, 6.45) is 3.51. The molecule has 0 bridgehead atoms. The monoisotopic (exact) mass is 424 g/mol. The van der Waals surface area contributed by atoms with Gasteiger partial charge in [-0.05, 0) is 42.0 Å². The third-order valence-electron chi connectivity index (χ3n) is 5.75. The summed E-state index contributed by atoms with van der Waals surface area (Å²) < 4.78 is 11.1. The summed E-state index contributed by atoms with van der Waals surface area (Å²) in [7, 11) is 0. The molecule has 5 nitrogen and oxygen atoms in total. The van der Waals surface area contributed by atoms with E-state index in [1.807, 2.05) is 24.3 Å². The Morgan fingerprint density at radius 3 is 2.57 bits per heavy atom. The number of carbonyl (C=O) groups excluding carboxylic acids is 1. The first kappa shape index (κ1) is 20.8. The zero-order chi connectivity index (χ0) is 20.7. The molecule has 0 saturated carbocycles. The van der Waals surface area contributed by atoms with E-state index < -0.39 is 0 Å². The molecule has 2 aromatic heterocycles. The lowest BCUT2D eigenvalue weighted by atomic mass is 9.74. The van der Waals surface area contributed by atoms with Gasteiger partial charge in [0.15, 0.2) is 0 Å². The maximum atomic E-state index is 12.9. The van der Waals surface area contributed by atoms with Crippen molar-refractivity contribution in [3.8, 4) is 0 Å². The van der Waals surface area contributed by atoms with E-state index in [2.05, 4.69) is 45.9 Å². The molecule has 6 heteroatoms. The number of hydrogen-bond donors (Lipinski definition) is 1. The fourth-order valence-corrected chi connectivity index (χ4v) is 4.81. The molecular formula is C24H28N2O3S. The number of benzene rings is 1. The van der Waals surface area contributed by atoms with Crippen LogP contribution in [0.2, 0.25) is 0 Å². The minimum Gasteiger partial charge on any atom is -0.468 e. The average Bonchev–Trinajstić information content (AvgIpc) is 3.48. The largest absolute Gasteiger partial charge is 0.468 e. The Bertz CT molecular complexity index is 852. The van der Waals surface area contributed by atoms with E-state index in [4.69, 9.17) is 9.15 Å². The maximum absolute atomic E-state index is 12.9. The van der Waals surface area contributed by atoms with Crippen molar-refractivity contribution < 1.29 is 13.9 Å². The van der Waals surface area contributed by atoms with E-state index in [1.54, 1.807) is 17.6 Å². The van der Waals surface area contributed by atoms with Crippen LogP contribution in [0, 0.1) is 0 Å². The van der Waals surface area contributed by atoms with Crippen molar-refractivity contribution in [1.82, 2.24) is 10.2 Å². The van der Waals surface area contributed by atoms with Crippen LogP contribution in [0.25, 0.3) is 0 Å². The van der Waals surface area contributed by atoms with Crippen LogP contribution in [-0.4, -0.2) is 37.1 Å². The second-order valence-electron chi connectivity index (χ2n) is 7.84. The van der Waals surface area contributed by atoms with Gasteiger partial charge in [0.05, 0.1) is 19.4 Å². The van der Waals surface area contributed by atoms with Crippen molar-refractivity contribution >= 4 is 17.2 Å². The number of thiophene rings is 1. The second kappa shape index (κ2) is 10.1. The van der Waals surface area contributed by atoms with Crippen LogP contribution in [0.15, 0.2) is 70.7 Å². The summed E-state index contributed by atoms with van der Waals surface area (Å²) in [5.74, 6) is 0.907. The lowest BCUT2D eigenvalue weighted by molar-refractivity contribution is -0.123. The molecule has 0 atom stereocenters. The Kier molecular flexibility index (Phi) is 7.00. The summed E-state index contributed by atoms with van der Waals surface area (Å²) in [5, 5.41) is 5.28. The normalized spacial score (nSPS) is 15.9. The van der Waals surface area contributed by atoms with Crippen LogP contribution in [0.5, 0.6) is 0 Å². The summed E-state index contributed by atoms with van der Waals surface area (Å²) in [6, 6.07) is 18.5. The minimum absolute atomic E-state index is 0.0416. The van der Waals surface area contributed by atoms with Gasteiger partial charge < -0.3 is 14.5 Å². The highest BCUT2D eigenvalue weighted by molar-refractivity contribution is 7.09. The van der Waals surface area contributed by atoms with Crippen molar-refractivity contribution in [3.63, 3.8) is 0 Å². The highest BCUT2D eigenvalue weighted by Gasteiger charge is 2.34. The Hall–Kier alpha value is -2.41. The molecule has 3 heterocycles. The van der Waals surface area contributed by atoms with E-state index in [9.17, 15) is 4.79 Å². The van der Waals surface area contributed by atoms with Crippen LogP contribution in [0.4, 0.5) is 0 Å². The van der Waals surface area contributed by atoms with Crippen molar-refractivity contribution in [3.05, 3.63) is 82.4 Å². The highest BCUT2D eigenvalue weighted by atomic mass is 32.1. The Morgan fingerprint density at radius 1 is 1.03 bits per heavy atom. The molecule has 1 aliphatic heterocycles. The number of carbonyl (C=O) groups is 1. The van der Waals surface area contributed by atoms with E-state index in [-0.39, 0.29) is 11.3 Å². The molecule has 3 aromatic rings. The molecule has 0 spiro atoms. The zero-order valence-corrected chi connectivity index (χ0v) is 17.9. The zero-order valence-electron chi connectivity index (χ0n) is 17.1. The third kappa shape index (κ3) is 5.39. The van der Waals surface area contributed by atoms with Gasteiger partial charge in [0.2, 0.25) is 5.91 Å². The fraction of sp³-hybridized carbons (Fsp3) is 0.375. The number of hydrogen-bond acceptors (Lipinski definition) is 5. The van der Waals surface area contributed by atoms with Gasteiger partial charge >= 0.3 is 0 Å². The molecule has 1 aromatic carbocycles. The van der Waals surface area contributed by atoms with E-state index in [1.165, 1.54) is 10.4 Å². The van der Waals surface area contributed by atoms with Crippen LogP contribution >= 0.6 is 11.3 Å². The van der Waals surface area contributed by atoms with Gasteiger partial charge in [-0.1, -0.05) is 36.4 Å².